The van der Waals surface area contributed by atoms with E-state index < -0.39 is 64.5 Å². The lowest BCUT2D eigenvalue weighted by Crippen LogP contribution is -2.43. The van der Waals surface area contributed by atoms with Gasteiger partial charge in [-0.2, -0.15) is 8.42 Å². The number of hydrogen-bond donors (Lipinski definition) is 1. The summed E-state index contributed by atoms with van der Waals surface area (Å²) in [6.07, 6.45) is -4.58. The molecule has 12 nitrogen and oxygen atoms in total. The molecule has 1 N–H and O–H groups in total. The summed E-state index contributed by atoms with van der Waals surface area (Å²) in [5.74, 6) is -1.65. The van der Waals surface area contributed by atoms with Crippen LogP contribution in [0.3, 0.4) is 0 Å². The monoisotopic (exact) mass is 606 g/mol. The van der Waals surface area contributed by atoms with Crippen molar-refractivity contribution in [1.29, 1.82) is 0 Å². The Morgan fingerprint density at radius 3 is 1.93 bits per heavy atom. The third kappa shape index (κ3) is 6.80. The maximum Gasteiger partial charge on any atom is 0.338 e. The predicted molar refractivity (Wildman–Crippen MR) is 151 cm³/mol. The van der Waals surface area contributed by atoms with Crippen molar-refractivity contribution in [1.82, 2.24) is 9.55 Å². The number of H-pyrrole nitrogens is 1. The van der Waals surface area contributed by atoms with Gasteiger partial charge in [-0.1, -0.05) is 54.1 Å². The molecule has 1 fully saturated rings. The maximum absolute atomic E-state index is 13.2. The van der Waals surface area contributed by atoms with Gasteiger partial charge in [0.05, 0.1) is 22.6 Å². The lowest BCUT2D eigenvalue weighted by atomic mass is 10.1. The van der Waals surface area contributed by atoms with Crippen molar-refractivity contribution in [3.8, 4) is 0 Å². The minimum Gasteiger partial charge on any atom is -0.452 e. The number of aromatic nitrogens is 2. The minimum atomic E-state index is -4.29. The van der Waals surface area contributed by atoms with E-state index in [9.17, 15) is 27.6 Å². The molecule has 222 valence electrons. The quantitative estimate of drug-likeness (QED) is 0.222. The molecule has 0 saturated carbocycles. The van der Waals surface area contributed by atoms with E-state index in [1.165, 1.54) is 36.4 Å². The van der Waals surface area contributed by atoms with Gasteiger partial charge in [-0.3, -0.25) is 18.5 Å². The highest BCUT2D eigenvalue weighted by molar-refractivity contribution is 7.86. The van der Waals surface area contributed by atoms with Gasteiger partial charge >= 0.3 is 17.6 Å². The highest BCUT2D eigenvalue weighted by Crippen LogP contribution is 2.35. The smallest absolute Gasteiger partial charge is 0.338 e. The van der Waals surface area contributed by atoms with Gasteiger partial charge in [0, 0.05) is 12.3 Å². The molecule has 0 aliphatic carbocycles. The number of nitrogens with zero attached hydrogens (tertiary/aromatic N) is 1. The molecular formula is C30H26N2O10S. The van der Waals surface area contributed by atoms with Gasteiger partial charge in [-0.25, -0.2) is 14.4 Å². The van der Waals surface area contributed by atoms with Gasteiger partial charge < -0.3 is 14.2 Å². The van der Waals surface area contributed by atoms with E-state index in [1.807, 2.05) is 0 Å². The number of hydrogen-bond acceptors (Lipinski definition) is 10. The molecule has 1 aliphatic rings. The number of aryl methyl sites for hydroxylation is 1. The highest BCUT2D eigenvalue weighted by atomic mass is 32.2. The number of nitrogens with one attached hydrogen (secondary N) is 1. The first-order valence-corrected chi connectivity index (χ1v) is 14.5. The second kappa shape index (κ2) is 12.6. The Hall–Kier alpha value is -4.85. The van der Waals surface area contributed by atoms with Gasteiger partial charge in [0.15, 0.2) is 18.4 Å². The minimum absolute atomic E-state index is 0.116. The number of benzene rings is 3. The molecule has 3 aromatic carbocycles. The van der Waals surface area contributed by atoms with Crippen LogP contribution >= 0.6 is 0 Å². The van der Waals surface area contributed by atoms with E-state index in [0.29, 0.717) is 0 Å². The average molecular weight is 607 g/mol. The van der Waals surface area contributed by atoms with Crippen LogP contribution in [0.2, 0.25) is 0 Å². The Balaban J connectivity index is 1.52. The topological polar surface area (TPSA) is 160 Å². The van der Waals surface area contributed by atoms with Crippen LogP contribution in [-0.4, -0.2) is 54.8 Å². The summed E-state index contributed by atoms with van der Waals surface area (Å²) >= 11 is 0. The summed E-state index contributed by atoms with van der Waals surface area (Å²) < 4.78 is 49.7. The molecule has 4 aromatic rings. The molecule has 13 heteroatoms. The van der Waals surface area contributed by atoms with Crippen LogP contribution in [0.25, 0.3) is 0 Å². The molecule has 0 amide bonds. The lowest BCUT2D eigenvalue weighted by Gasteiger charge is -2.25. The zero-order chi connectivity index (χ0) is 30.6. The van der Waals surface area contributed by atoms with E-state index in [2.05, 4.69) is 4.98 Å². The Kier molecular flexibility index (Phi) is 8.66. The van der Waals surface area contributed by atoms with Crippen molar-refractivity contribution in [3.05, 3.63) is 135 Å². The SMILES string of the molecule is Cc1ccc(S(=O)(=O)OC[C@H]2O[C@@H](n3ccc(=O)[nH]c3=O)[C@H](OC(=O)c3ccccc3)[C@@H]2OC(=O)c2ccccc2)cc1. The van der Waals surface area contributed by atoms with Crippen molar-refractivity contribution in [2.45, 2.75) is 36.4 Å². The lowest BCUT2D eigenvalue weighted by molar-refractivity contribution is -0.0576. The molecule has 0 bridgehead atoms. The highest BCUT2D eigenvalue weighted by Gasteiger charge is 2.51. The molecule has 0 unspecified atom stereocenters. The molecule has 5 rings (SSSR count). The first kappa shape index (κ1) is 29.6. The first-order valence-electron chi connectivity index (χ1n) is 13.1. The molecular weight excluding hydrogens is 580 g/mol. The van der Waals surface area contributed by atoms with Gasteiger partial charge in [0.2, 0.25) is 0 Å². The van der Waals surface area contributed by atoms with Crippen molar-refractivity contribution in [2.75, 3.05) is 6.61 Å². The Morgan fingerprint density at radius 2 is 1.37 bits per heavy atom. The number of ether oxygens (including phenoxy) is 3. The maximum atomic E-state index is 13.2. The van der Waals surface area contributed by atoms with Gasteiger partial charge in [0.25, 0.3) is 15.7 Å². The van der Waals surface area contributed by atoms with Crippen LogP contribution in [0.4, 0.5) is 0 Å². The molecule has 43 heavy (non-hydrogen) atoms. The first-order chi connectivity index (χ1) is 20.6. The number of carbonyl (C=O) groups is 2. The second-order valence-corrected chi connectivity index (χ2v) is 11.2. The fourth-order valence-corrected chi connectivity index (χ4v) is 5.34. The summed E-state index contributed by atoms with van der Waals surface area (Å²) in [6.45, 7) is 1.13. The Morgan fingerprint density at radius 1 is 0.814 bits per heavy atom. The van der Waals surface area contributed by atoms with Crippen LogP contribution in [0, 0.1) is 6.92 Å². The van der Waals surface area contributed by atoms with E-state index in [0.717, 1.165) is 22.4 Å². The summed E-state index contributed by atoms with van der Waals surface area (Å²) in [5, 5.41) is 0. The average Bonchev–Trinajstić information content (AvgIpc) is 3.33. The number of esters is 2. The van der Waals surface area contributed by atoms with Crippen LogP contribution in [0.5, 0.6) is 0 Å². The summed E-state index contributed by atoms with van der Waals surface area (Å²) in [7, 11) is -4.29. The summed E-state index contributed by atoms with van der Waals surface area (Å²) in [4.78, 5) is 52.8. The number of rotatable bonds is 9. The molecule has 0 radical (unpaired) electrons. The molecule has 0 spiro atoms. The summed E-state index contributed by atoms with van der Waals surface area (Å²) in [5.41, 5.74) is -0.436. The van der Waals surface area contributed by atoms with E-state index >= 15 is 0 Å². The Bertz CT molecular complexity index is 1820. The third-order valence-electron chi connectivity index (χ3n) is 6.61. The van der Waals surface area contributed by atoms with Crippen LogP contribution in [0.15, 0.2) is 112 Å². The third-order valence-corrected chi connectivity index (χ3v) is 7.91. The van der Waals surface area contributed by atoms with Crippen molar-refractivity contribution in [3.63, 3.8) is 0 Å². The zero-order valence-electron chi connectivity index (χ0n) is 22.7. The Labute approximate surface area is 245 Å². The van der Waals surface area contributed by atoms with Crippen molar-refractivity contribution >= 4 is 22.1 Å². The van der Waals surface area contributed by atoms with Gasteiger partial charge in [-0.05, 0) is 43.3 Å². The van der Waals surface area contributed by atoms with Gasteiger partial charge in [0.1, 0.15) is 6.10 Å². The summed E-state index contributed by atoms with van der Waals surface area (Å²) in [6, 6.07) is 22.9. The molecule has 2 heterocycles. The predicted octanol–water partition coefficient (Wildman–Crippen LogP) is 2.60. The normalized spacial score (nSPS) is 19.9. The van der Waals surface area contributed by atoms with Crippen LogP contribution in [-0.2, 0) is 28.5 Å². The van der Waals surface area contributed by atoms with E-state index in [4.69, 9.17) is 18.4 Å². The molecule has 1 saturated heterocycles. The van der Waals surface area contributed by atoms with Crippen LogP contribution in [0.1, 0.15) is 32.5 Å². The molecule has 1 aromatic heterocycles. The molecule has 4 atom stereocenters. The standard InChI is InChI=1S/C30H26N2O10S/c1-19-12-14-22(15-13-19)43(37,38)39-18-23-25(41-28(34)20-8-4-2-5-9-20)26(42-29(35)21-10-6-3-7-11-21)27(40-23)32-17-16-24(33)31-30(32)36/h2-17,23,25-27H,18H2,1H3,(H,31,33,36)/t23-,25-,26-,27-/m1/s1. The largest absolute Gasteiger partial charge is 0.452 e. The number of carbonyl (C=O) groups excluding carboxylic acids is 2. The number of aromatic amines is 1. The van der Waals surface area contributed by atoms with Gasteiger partial charge in [-0.15, -0.1) is 0 Å². The van der Waals surface area contributed by atoms with E-state index in [1.54, 1.807) is 55.5 Å². The van der Waals surface area contributed by atoms with E-state index in [-0.39, 0.29) is 16.0 Å². The fourth-order valence-electron chi connectivity index (χ4n) is 4.42. The zero-order valence-corrected chi connectivity index (χ0v) is 23.5. The van der Waals surface area contributed by atoms with Crippen LogP contribution < -0.4 is 11.2 Å². The second-order valence-electron chi connectivity index (χ2n) is 9.61. The van der Waals surface area contributed by atoms with Crippen molar-refractivity contribution < 1.29 is 36.4 Å². The molecule has 1 aliphatic heterocycles. The van der Waals surface area contributed by atoms with Crippen molar-refractivity contribution in [2.24, 2.45) is 0 Å². The fraction of sp³-hybridized carbons (Fsp3) is 0.200.